The Labute approximate surface area is 115 Å². The fourth-order valence-corrected chi connectivity index (χ4v) is 2.47. The molecule has 0 aliphatic carbocycles. The first-order valence-electron chi connectivity index (χ1n) is 6.80. The predicted octanol–water partition coefficient (Wildman–Crippen LogP) is 0.552. The molecule has 2 rings (SSSR count). The largest absolute Gasteiger partial charge is 0.399 e. The zero-order valence-electron chi connectivity index (χ0n) is 11.8. The van der Waals surface area contributed by atoms with Crippen molar-refractivity contribution < 1.29 is 5.11 Å². The number of aliphatic hydroxyl groups is 1. The summed E-state index contributed by atoms with van der Waals surface area (Å²) in [6.07, 6.45) is 1.76. The van der Waals surface area contributed by atoms with E-state index in [0.29, 0.717) is 0 Å². The van der Waals surface area contributed by atoms with Crippen molar-refractivity contribution in [2.75, 3.05) is 38.5 Å². The van der Waals surface area contributed by atoms with Crippen molar-refractivity contribution in [1.29, 1.82) is 0 Å². The van der Waals surface area contributed by atoms with Crippen LogP contribution in [0, 0.1) is 0 Å². The number of piperazine rings is 1. The molecule has 0 unspecified atom stereocenters. The highest BCUT2D eigenvalue weighted by Gasteiger charge is 2.22. The number of rotatable bonds is 4. The maximum atomic E-state index is 9.82. The van der Waals surface area contributed by atoms with E-state index in [1.54, 1.807) is 6.20 Å². The summed E-state index contributed by atoms with van der Waals surface area (Å²) < 4.78 is 0. The van der Waals surface area contributed by atoms with E-state index >= 15 is 0 Å². The van der Waals surface area contributed by atoms with Gasteiger partial charge in [-0.2, -0.15) is 0 Å². The maximum absolute atomic E-state index is 9.82. The van der Waals surface area contributed by atoms with Crippen LogP contribution in [0.15, 0.2) is 18.3 Å². The first-order chi connectivity index (χ1) is 8.92. The number of hydrogen-bond donors (Lipinski definition) is 2. The van der Waals surface area contributed by atoms with Crippen LogP contribution >= 0.6 is 0 Å². The quantitative estimate of drug-likeness (QED) is 0.831. The van der Waals surface area contributed by atoms with Crippen molar-refractivity contribution in [3.05, 3.63) is 24.0 Å². The van der Waals surface area contributed by atoms with Gasteiger partial charge in [-0.1, -0.05) is 0 Å². The van der Waals surface area contributed by atoms with Gasteiger partial charge in [0.15, 0.2) is 0 Å². The Morgan fingerprint density at radius 3 is 2.47 bits per heavy atom. The first kappa shape index (κ1) is 14.2. The standard InChI is InChI=1S/C14H24N4O/c1-14(2,19)11-18-7-5-17(6-8-18)10-13-9-12(15)3-4-16-13/h3-4,9,19H,5-8,10-11H2,1-2H3,(H2,15,16). The molecular weight excluding hydrogens is 240 g/mol. The predicted molar refractivity (Wildman–Crippen MR) is 76.7 cm³/mol. The first-order valence-corrected chi connectivity index (χ1v) is 6.80. The molecule has 5 nitrogen and oxygen atoms in total. The maximum Gasteiger partial charge on any atom is 0.0718 e. The Morgan fingerprint density at radius 1 is 1.26 bits per heavy atom. The molecule has 1 fully saturated rings. The van der Waals surface area contributed by atoms with Gasteiger partial charge in [-0.25, -0.2) is 0 Å². The molecule has 3 N–H and O–H groups in total. The summed E-state index contributed by atoms with van der Waals surface area (Å²) in [5.41, 5.74) is 6.94. The normalized spacial score (nSPS) is 18.7. The zero-order chi connectivity index (χ0) is 13.9. The Balaban J connectivity index is 1.80. The molecule has 0 atom stereocenters. The number of hydrogen-bond acceptors (Lipinski definition) is 5. The second kappa shape index (κ2) is 5.86. The minimum atomic E-state index is -0.613. The third-order valence-corrected chi connectivity index (χ3v) is 3.30. The van der Waals surface area contributed by atoms with Crippen molar-refractivity contribution in [3.8, 4) is 0 Å². The van der Waals surface area contributed by atoms with E-state index in [2.05, 4.69) is 14.8 Å². The van der Waals surface area contributed by atoms with Crippen LogP contribution in [0.3, 0.4) is 0 Å². The van der Waals surface area contributed by atoms with Crippen LogP contribution in [0.4, 0.5) is 5.69 Å². The summed E-state index contributed by atoms with van der Waals surface area (Å²) in [5, 5.41) is 9.82. The van der Waals surface area contributed by atoms with Crippen molar-refractivity contribution in [2.45, 2.75) is 26.0 Å². The molecule has 0 amide bonds. The molecule has 1 aromatic heterocycles. The van der Waals surface area contributed by atoms with Gasteiger partial charge in [0.1, 0.15) is 0 Å². The van der Waals surface area contributed by atoms with Crippen molar-refractivity contribution >= 4 is 5.69 Å². The lowest BCUT2D eigenvalue weighted by Crippen LogP contribution is -2.50. The average Bonchev–Trinajstić information content (AvgIpc) is 2.30. The number of β-amino-alcohol motifs (C(OH)–C–C–N with tert-alkyl or cyclic N) is 1. The van der Waals surface area contributed by atoms with Gasteiger partial charge in [-0.15, -0.1) is 0 Å². The number of nitrogens with zero attached hydrogens (tertiary/aromatic N) is 3. The van der Waals surface area contributed by atoms with Crippen molar-refractivity contribution in [2.24, 2.45) is 0 Å². The third kappa shape index (κ3) is 4.78. The number of nitrogen functional groups attached to an aromatic ring is 1. The highest BCUT2D eigenvalue weighted by Crippen LogP contribution is 2.11. The number of nitrogens with two attached hydrogens (primary N) is 1. The summed E-state index contributed by atoms with van der Waals surface area (Å²) in [6, 6.07) is 3.74. The van der Waals surface area contributed by atoms with Gasteiger partial charge < -0.3 is 10.8 Å². The van der Waals surface area contributed by atoms with Gasteiger partial charge in [0, 0.05) is 51.2 Å². The fourth-order valence-electron chi connectivity index (χ4n) is 2.47. The topological polar surface area (TPSA) is 65.6 Å². The summed E-state index contributed by atoms with van der Waals surface area (Å²) >= 11 is 0. The van der Waals surface area contributed by atoms with Crippen LogP contribution in [-0.4, -0.2) is 58.2 Å². The summed E-state index contributed by atoms with van der Waals surface area (Å²) in [4.78, 5) is 9.02. The van der Waals surface area contributed by atoms with E-state index in [0.717, 1.165) is 50.6 Å². The molecule has 19 heavy (non-hydrogen) atoms. The van der Waals surface area contributed by atoms with Crippen LogP contribution < -0.4 is 5.73 Å². The second-order valence-corrected chi connectivity index (χ2v) is 5.95. The number of anilines is 1. The Kier molecular flexibility index (Phi) is 4.39. The third-order valence-electron chi connectivity index (χ3n) is 3.30. The van der Waals surface area contributed by atoms with Crippen LogP contribution in [-0.2, 0) is 6.54 Å². The molecule has 5 heteroatoms. The van der Waals surface area contributed by atoms with Crippen LogP contribution in [0.5, 0.6) is 0 Å². The highest BCUT2D eigenvalue weighted by molar-refractivity contribution is 5.37. The molecule has 2 heterocycles. The Bertz CT molecular complexity index is 408. The van der Waals surface area contributed by atoms with Crippen LogP contribution in [0.1, 0.15) is 19.5 Å². The zero-order valence-corrected chi connectivity index (χ0v) is 11.8. The lowest BCUT2D eigenvalue weighted by atomic mass is 10.1. The van der Waals surface area contributed by atoms with Gasteiger partial charge in [0.2, 0.25) is 0 Å². The molecule has 0 spiro atoms. The number of pyridine rings is 1. The molecule has 1 aliphatic rings. The molecule has 1 saturated heterocycles. The molecule has 0 radical (unpaired) electrons. The molecule has 106 valence electrons. The highest BCUT2D eigenvalue weighted by atomic mass is 16.3. The second-order valence-electron chi connectivity index (χ2n) is 5.95. The monoisotopic (exact) mass is 264 g/mol. The minimum Gasteiger partial charge on any atom is -0.399 e. The summed E-state index contributed by atoms with van der Waals surface area (Å²) in [5.74, 6) is 0. The Hall–Kier alpha value is -1.17. The molecule has 0 aromatic carbocycles. The minimum absolute atomic E-state index is 0.613. The van der Waals surface area contributed by atoms with Gasteiger partial charge in [-0.3, -0.25) is 14.8 Å². The van der Waals surface area contributed by atoms with E-state index in [-0.39, 0.29) is 0 Å². The van der Waals surface area contributed by atoms with Gasteiger partial charge in [0.05, 0.1) is 11.3 Å². The van der Waals surface area contributed by atoms with Crippen LogP contribution in [0.2, 0.25) is 0 Å². The van der Waals surface area contributed by atoms with E-state index in [1.807, 2.05) is 26.0 Å². The van der Waals surface area contributed by atoms with Gasteiger partial charge in [-0.05, 0) is 26.0 Å². The van der Waals surface area contributed by atoms with E-state index in [4.69, 9.17) is 5.73 Å². The summed E-state index contributed by atoms with van der Waals surface area (Å²) in [7, 11) is 0. The molecular formula is C14H24N4O. The van der Waals surface area contributed by atoms with E-state index in [9.17, 15) is 5.11 Å². The lowest BCUT2D eigenvalue weighted by molar-refractivity contribution is 0.0165. The molecule has 0 bridgehead atoms. The average molecular weight is 264 g/mol. The SMILES string of the molecule is CC(C)(O)CN1CCN(Cc2cc(N)ccn2)CC1. The number of aromatic nitrogens is 1. The van der Waals surface area contributed by atoms with Crippen LogP contribution in [0.25, 0.3) is 0 Å². The molecule has 1 aromatic rings. The van der Waals surface area contributed by atoms with E-state index < -0.39 is 5.60 Å². The van der Waals surface area contributed by atoms with Crippen molar-refractivity contribution in [3.63, 3.8) is 0 Å². The molecule has 1 aliphatic heterocycles. The van der Waals surface area contributed by atoms with E-state index in [1.165, 1.54) is 0 Å². The smallest absolute Gasteiger partial charge is 0.0718 e. The van der Waals surface area contributed by atoms with Gasteiger partial charge in [0.25, 0.3) is 0 Å². The lowest BCUT2D eigenvalue weighted by Gasteiger charge is -2.37. The van der Waals surface area contributed by atoms with Gasteiger partial charge >= 0.3 is 0 Å². The Morgan fingerprint density at radius 2 is 1.89 bits per heavy atom. The fraction of sp³-hybridized carbons (Fsp3) is 0.643. The molecule has 0 saturated carbocycles. The van der Waals surface area contributed by atoms with Crippen molar-refractivity contribution in [1.82, 2.24) is 14.8 Å². The summed E-state index contributed by atoms with van der Waals surface area (Å²) in [6.45, 7) is 9.29.